The number of rotatable bonds is 6. The van der Waals surface area contributed by atoms with Crippen molar-refractivity contribution in [3.05, 3.63) is 71.8 Å². The Morgan fingerprint density at radius 1 is 1.12 bits per heavy atom. The van der Waals surface area contributed by atoms with Gasteiger partial charge >= 0.3 is 6.61 Å². The van der Waals surface area contributed by atoms with Gasteiger partial charge in [-0.15, -0.1) is 0 Å². The van der Waals surface area contributed by atoms with E-state index in [1.807, 2.05) is 0 Å². The van der Waals surface area contributed by atoms with Crippen molar-refractivity contribution in [1.29, 1.82) is 0 Å². The molecule has 1 amide bonds. The van der Waals surface area contributed by atoms with Crippen LogP contribution in [0.5, 0.6) is 5.75 Å². The van der Waals surface area contributed by atoms with Crippen LogP contribution in [0, 0.1) is 11.6 Å². The lowest BCUT2D eigenvalue weighted by Crippen LogP contribution is -2.24. The van der Waals surface area contributed by atoms with Gasteiger partial charge in [-0.3, -0.25) is 4.79 Å². The number of ether oxygens (including phenoxy) is 1. The number of carbonyl (C=O) groups is 1. The number of amides is 1. The smallest absolute Gasteiger partial charge is 0.387 e. The van der Waals surface area contributed by atoms with E-state index in [-0.39, 0.29) is 12.1 Å². The van der Waals surface area contributed by atoms with Gasteiger partial charge in [0.15, 0.2) is 11.6 Å². The Morgan fingerprint density at radius 2 is 1.79 bits per heavy atom. The SMILES string of the molecule is C=C(NC(=O)Cc1ccccc1)c1c(OC(F)F)ccc(F)c1F. The van der Waals surface area contributed by atoms with Gasteiger partial charge in [-0.2, -0.15) is 8.78 Å². The monoisotopic (exact) mass is 339 g/mol. The van der Waals surface area contributed by atoms with Gasteiger partial charge in [-0.05, 0) is 17.7 Å². The summed E-state index contributed by atoms with van der Waals surface area (Å²) in [7, 11) is 0. The molecule has 0 aliphatic carbocycles. The normalized spacial score (nSPS) is 10.5. The van der Waals surface area contributed by atoms with Crippen LogP contribution in [-0.2, 0) is 11.2 Å². The van der Waals surface area contributed by atoms with E-state index in [4.69, 9.17) is 0 Å². The Kier molecular flexibility index (Phi) is 5.57. The molecule has 0 unspecified atom stereocenters. The van der Waals surface area contributed by atoms with Gasteiger partial charge in [0.1, 0.15) is 5.75 Å². The molecule has 126 valence electrons. The van der Waals surface area contributed by atoms with Gasteiger partial charge in [-0.1, -0.05) is 36.9 Å². The van der Waals surface area contributed by atoms with E-state index in [0.717, 1.165) is 6.07 Å². The van der Waals surface area contributed by atoms with E-state index in [2.05, 4.69) is 16.6 Å². The second-order valence-electron chi connectivity index (χ2n) is 4.80. The highest BCUT2D eigenvalue weighted by Gasteiger charge is 2.21. The molecular formula is C17H13F4NO2. The van der Waals surface area contributed by atoms with Gasteiger partial charge in [0.2, 0.25) is 5.91 Å². The Balaban J connectivity index is 2.19. The van der Waals surface area contributed by atoms with Crippen LogP contribution < -0.4 is 10.1 Å². The van der Waals surface area contributed by atoms with Gasteiger partial charge in [-0.25, -0.2) is 8.78 Å². The van der Waals surface area contributed by atoms with Gasteiger partial charge in [0.25, 0.3) is 0 Å². The molecule has 3 nitrogen and oxygen atoms in total. The lowest BCUT2D eigenvalue weighted by atomic mass is 10.1. The molecule has 0 heterocycles. The highest BCUT2D eigenvalue weighted by atomic mass is 19.3. The van der Waals surface area contributed by atoms with Crippen LogP contribution in [0.1, 0.15) is 11.1 Å². The van der Waals surface area contributed by atoms with Gasteiger partial charge in [0.05, 0.1) is 12.0 Å². The van der Waals surface area contributed by atoms with Gasteiger partial charge < -0.3 is 10.1 Å². The Labute approximate surface area is 135 Å². The van der Waals surface area contributed by atoms with Crippen LogP contribution in [0.3, 0.4) is 0 Å². The molecule has 1 N–H and O–H groups in total. The maximum absolute atomic E-state index is 13.9. The molecule has 0 aliphatic rings. The Morgan fingerprint density at radius 3 is 2.42 bits per heavy atom. The average molecular weight is 339 g/mol. The third kappa shape index (κ3) is 4.34. The summed E-state index contributed by atoms with van der Waals surface area (Å²) >= 11 is 0. The molecule has 0 aliphatic heterocycles. The third-order valence-electron chi connectivity index (χ3n) is 3.07. The van der Waals surface area contributed by atoms with Crippen molar-refractivity contribution in [2.45, 2.75) is 13.0 Å². The topological polar surface area (TPSA) is 38.3 Å². The molecule has 24 heavy (non-hydrogen) atoms. The second kappa shape index (κ2) is 7.63. The van der Waals surface area contributed by atoms with E-state index in [0.29, 0.717) is 11.6 Å². The third-order valence-corrected chi connectivity index (χ3v) is 3.07. The summed E-state index contributed by atoms with van der Waals surface area (Å²) in [4.78, 5) is 11.9. The van der Waals surface area contributed by atoms with Crippen molar-refractivity contribution in [3.8, 4) is 5.75 Å². The number of benzene rings is 2. The fourth-order valence-corrected chi connectivity index (χ4v) is 2.06. The number of alkyl halides is 2. The zero-order valence-electron chi connectivity index (χ0n) is 12.4. The Hall–Kier alpha value is -2.83. The van der Waals surface area contributed by atoms with E-state index >= 15 is 0 Å². The molecular weight excluding hydrogens is 326 g/mol. The largest absolute Gasteiger partial charge is 0.434 e. The minimum absolute atomic E-state index is 0.0398. The fourth-order valence-electron chi connectivity index (χ4n) is 2.06. The number of hydrogen-bond donors (Lipinski definition) is 1. The molecule has 7 heteroatoms. The van der Waals surface area contributed by atoms with Crippen LogP contribution in [0.4, 0.5) is 17.6 Å². The molecule has 0 bridgehead atoms. The van der Waals surface area contributed by atoms with E-state index in [9.17, 15) is 22.4 Å². The summed E-state index contributed by atoms with van der Waals surface area (Å²) in [6.45, 7) is 0.178. The van der Waals surface area contributed by atoms with Crippen LogP contribution in [0.2, 0.25) is 0 Å². The number of nitrogens with one attached hydrogen (secondary N) is 1. The molecule has 0 radical (unpaired) electrons. The van der Waals surface area contributed by atoms with Crippen LogP contribution in [0.25, 0.3) is 5.70 Å². The molecule has 2 aromatic rings. The zero-order valence-corrected chi connectivity index (χ0v) is 12.4. The molecule has 0 saturated carbocycles. The first kappa shape index (κ1) is 17.5. The van der Waals surface area contributed by atoms with Crippen molar-refractivity contribution in [2.75, 3.05) is 0 Å². The minimum Gasteiger partial charge on any atom is -0.434 e. The van der Waals surface area contributed by atoms with Gasteiger partial charge in [0, 0.05) is 5.70 Å². The van der Waals surface area contributed by atoms with Crippen LogP contribution >= 0.6 is 0 Å². The standard InChI is InChI=1S/C17H13F4NO2/c1-10(22-14(23)9-11-5-3-2-4-6-11)15-13(24-17(20)21)8-7-12(18)16(15)19/h2-8,17H,1,9H2,(H,22,23). The maximum atomic E-state index is 13.9. The number of hydrogen-bond acceptors (Lipinski definition) is 2. The average Bonchev–Trinajstić information content (AvgIpc) is 2.51. The van der Waals surface area contributed by atoms with Crippen molar-refractivity contribution in [2.24, 2.45) is 0 Å². The Bertz CT molecular complexity index is 748. The minimum atomic E-state index is -3.23. The van der Waals surface area contributed by atoms with Crippen molar-refractivity contribution < 1.29 is 27.1 Å². The molecule has 0 spiro atoms. The summed E-state index contributed by atoms with van der Waals surface area (Å²) < 4.78 is 56.2. The van der Waals surface area contributed by atoms with E-state index in [1.54, 1.807) is 30.3 Å². The lowest BCUT2D eigenvalue weighted by Gasteiger charge is -2.15. The first-order valence-corrected chi connectivity index (χ1v) is 6.84. The van der Waals surface area contributed by atoms with Crippen LogP contribution in [-0.4, -0.2) is 12.5 Å². The number of halogens is 4. The first-order chi connectivity index (χ1) is 11.4. The summed E-state index contributed by atoms with van der Waals surface area (Å²) in [5, 5.41) is 2.26. The highest BCUT2D eigenvalue weighted by Crippen LogP contribution is 2.29. The summed E-state index contributed by atoms with van der Waals surface area (Å²) in [5.41, 5.74) is -0.341. The zero-order chi connectivity index (χ0) is 17.7. The quantitative estimate of drug-likeness (QED) is 0.811. The van der Waals surface area contributed by atoms with Crippen molar-refractivity contribution in [1.82, 2.24) is 5.32 Å². The molecule has 0 saturated heterocycles. The highest BCUT2D eigenvalue weighted by molar-refractivity contribution is 5.88. The molecule has 2 aromatic carbocycles. The lowest BCUT2D eigenvalue weighted by molar-refractivity contribution is -0.119. The molecule has 0 atom stereocenters. The second-order valence-corrected chi connectivity index (χ2v) is 4.80. The van der Waals surface area contributed by atoms with Crippen molar-refractivity contribution in [3.63, 3.8) is 0 Å². The summed E-state index contributed by atoms with van der Waals surface area (Å²) in [5.74, 6) is -3.88. The van der Waals surface area contributed by atoms with Crippen LogP contribution in [0.15, 0.2) is 49.0 Å². The van der Waals surface area contributed by atoms with Crippen molar-refractivity contribution >= 4 is 11.6 Å². The summed E-state index contributed by atoms with van der Waals surface area (Å²) in [6.07, 6.45) is -0.0398. The number of carbonyl (C=O) groups excluding carboxylic acids is 1. The predicted molar refractivity (Wildman–Crippen MR) is 80.3 cm³/mol. The molecule has 0 aromatic heterocycles. The first-order valence-electron chi connectivity index (χ1n) is 6.84. The van der Waals surface area contributed by atoms with E-state index < -0.39 is 35.5 Å². The fraction of sp³-hybridized carbons (Fsp3) is 0.118. The maximum Gasteiger partial charge on any atom is 0.387 e. The molecule has 0 fully saturated rings. The predicted octanol–water partition coefficient (Wildman–Crippen LogP) is 3.90. The van der Waals surface area contributed by atoms with E-state index in [1.165, 1.54) is 0 Å². The summed E-state index contributed by atoms with van der Waals surface area (Å²) in [6, 6.07) is 10.1. The molecule has 2 rings (SSSR count).